The van der Waals surface area contributed by atoms with Gasteiger partial charge in [-0.1, -0.05) is 12.1 Å². The van der Waals surface area contributed by atoms with Gasteiger partial charge in [0.2, 0.25) is 5.91 Å². The number of amides is 1. The maximum absolute atomic E-state index is 11.8. The molecule has 0 radical (unpaired) electrons. The van der Waals surface area contributed by atoms with Crippen LogP contribution in [-0.4, -0.2) is 37.5 Å². The Bertz CT molecular complexity index is 569. The van der Waals surface area contributed by atoms with Gasteiger partial charge in [0.1, 0.15) is 15.6 Å². The third kappa shape index (κ3) is 4.88. The van der Waals surface area contributed by atoms with E-state index in [1.54, 1.807) is 25.1 Å². The number of aromatic hydroxyl groups is 1. The van der Waals surface area contributed by atoms with E-state index in [2.05, 4.69) is 5.32 Å². The van der Waals surface area contributed by atoms with Crippen LogP contribution in [-0.2, 0) is 14.6 Å². The molecule has 1 atom stereocenters. The molecule has 19 heavy (non-hydrogen) atoms. The zero-order valence-corrected chi connectivity index (χ0v) is 11.7. The summed E-state index contributed by atoms with van der Waals surface area (Å²) in [5, 5.41) is 12.2. The van der Waals surface area contributed by atoms with Gasteiger partial charge < -0.3 is 16.2 Å². The largest absolute Gasteiger partial charge is 0.505 e. The molecule has 0 aromatic heterocycles. The standard InChI is InChI=1S/C12H18N2O4S/c1-8-4-3-5-10(11(8)15)14-12(16)9(13)6-7-19(2,17)18/h3-5,9,15H,6-7,13H2,1-2H3,(H,14,16). The normalized spacial score (nSPS) is 13.0. The highest BCUT2D eigenvalue weighted by atomic mass is 32.2. The van der Waals surface area contributed by atoms with E-state index in [0.29, 0.717) is 5.56 Å². The monoisotopic (exact) mass is 286 g/mol. The molecule has 6 nitrogen and oxygen atoms in total. The van der Waals surface area contributed by atoms with E-state index < -0.39 is 21.8 Å². The van der Waals surface area contributed by atoms with Gasteiger partial charge in [0.25, 0.3) is 0 Å². The van der Waals surface area contributed by atoms with Crippen molar-refractivity contribution in [3.63, 3.8) is 0 Å². The minimum absolute atomic E-state index is 0.0221. The van der Waals surface area contributed by atoms with Crippen molar-refractivity contribution in [1.82, 2.24) is 0 Å². The van der Waals surface area contributed by atoms with E-state index in [4.69, 9.17) is 5.73 Å². The maximum Gasteiger partial charge on any atom is 0.241 e. The first-order chi connectivity index (χ1) is 8.70. The first-order valence-corrected chi connectivity index (χ1v) is 7.79. The Kier molecular flexibility index (Phi) is 4.90. The predicted octanol–water partition coefficient (Wildman–Crippen LogP) is 0.401. The number of aryl methyl sites for hydroxylation is 1. The van der Waals surface area contributed by atoms with E-state index in [9.17, 15) is 18.3 Å². The zero-order valence-electron chi connectivity index (χ0n) is 10.9. The molecule has 0 aliphatic carbocycles. The molecule has 1 rings (SSSR count). The number of hydrogen-bond donors (Lipinski definition) is 3. The number of phenolic OH excluding ortho intramolecular Hbond substituents is 1. The molecule has 0 saturated carbocycles. The van der Waals surface area contributed by atoms with Crippen molar-refractivity contribution in [3.05, 3.63) is 23.8 Å². The number of carbonyl (C=O) groups is 1. The van der Waals surface area contributed by atoms with Gasteiger partial charge in [-0.3, -0.25) is 4.79 Å². The van der Waals surface area contributed by atoms with Gasteiger partial charge in [-0.2, -0.15) is 0 Å². The summed E-state index contributed by atoms with van der Waals surface area (Å²) in [5.74, 6) is -0.697. The van der Waals surface area contributed by atoms with Crippen molar-refractivity contribution >= 4 is 21.4 Å². The molecule has 0 aliphatic rings. The molecular formula is C12H18N2O4S. The van der Waals surface area contributed by atoms with E-state index >= 15 is 0 Å². The highest BCUT2D eigenvalue weighted by Crippen LogP contribution is 2.26. The Morgan fingerprint density at radius 3 is 2.68 bits per heavy atom. The number of nitrogens with one attached hydrogen (secondary N) is 1. The van der Waals surface area contributed by atoms with Gasteiger partial charge in [0.05, 0.1) is 17.5 Å². The minimum Gasteiger partial charge on any atom is -0.505 e. The summed E-state index contributed by atoms with van der Waals surface area (Å²) in [5.41, 5.74) is 6.49. The van der Waals surface area contributed by atoms with Crippen LogP contribution in [0, 0.1) is 6.92 Å². The topological polar surface area (TPSA) is 109 Å². The SMILES string of the molecule is Cc1cccc(NC(=O)C(N)CCS(C)(=O)=O)c1O. The van der Waals surface area contributed by atoms with E-state index in [0.717, 1.165) is 6.26 Å². The summed E-state index contributed by atoms with van der Waals surface area (Å²) in [6.07, 6.45) is 1.13. The molecule has 7 heteroatoms. The van der Waals surface area contributed by atoms with Crippen molar-refractivity contribution in [3.8, 4) is 5.75 Å². The molecule has 4 N–H and O–H groups in total. The molecule has 0 spiro atoms. The lowest BCUT2D eigenvalue weighted by Gasteiger charge is -2.13. The molecule has 1 aromatic rings. The molecule has 0 heterocycles. The number of phenols is 1. The number of benzene rings is 1. The lowest BCUT2D eigenvalue weighted by atomic mass is 10.1. The number of para-hydroxylation sites is 1. The number of nitrogens with two attached hydrogens (primary N) is 1. The fraction of sp³-hybridized carbons (Fsp3) is 0.417. The second kappa shape index (κ2) is 6.03. The Morgan fingerprint density at radius 2 is 2.11 bits per heavy atom. The molecule has 0 saturated heterocycles. The fourth-order valence-corrected chi connectivity index (χ4v) is 2.14. The second-order valence-corrected chi connectivity index (χ2v) is 6.75. The summed E-state index contributed by atoms with van der Waals surface area (Å²) in [6, 6.07) is 4.00. The zero-order chi connectivity index (χ0) is 14.6. The van der Waals surface area contributed by atoms with Gasteiger partial charge in [0, 0.05) is 6.26 Å². The van der Waals surface area contributed by atoms with Crippen LogP contribution in [0.15, 0.2) is 18.2 Å². The van der Waals surface area contributed by atoms with Crippen LogP contribution in [0.2, 0.25) is 0 Å². The average Bonchev–Trinajstić information content (AvgIpc) is 2.31. The van der Waals surface area contributed by atoms with E-state index in [1.165, 1.54) is 0 Å². The lowest BCUT2D eigenvalue weighted by molar-refractivity contribution is -0.117. The molecule has 1 amide bonds. The third-order valence-corrected chi connectivity index (χ3v) is 3.61. The molecular weight excluding hydrogens is 268 g/mol. The van der Waals surface area contributed by atoms with E-state index in [1.807, 2.05) is 0 Å². The van der Waals surface area contributed by atoms with E-state index in [-0.39, 0.29) is 23.6 Å². The smallest absolute Gasteiger partial charge is 0.241 e. The minimum atomic E-state index is -3.15. The number of sulfone groups is 1. The number of anilines is 1. The van der Waals surface area contributed by atoms with Crippen LogP contribution in [0.1, 0.15) is 12.0 Å². The van der Waals surface area contributed by atoms with Gasteiger partial charge in [-0.15, -0.1) is 0 Å². The summed E-state index contributed by atoms with van der Waals surface area (Å²) >= 11 is 0. The first kappa shape index (κ1) is 15.5. The Hall–Kier alpha value is -1.60. The molecule has 1 aromatic carbocycles. The van der Waals surface area contributed by atoms with Crippen molar-refractivity contribution in [2.24, 2.45) is 5.73 Å². The van der Waals surface area contributed by atoms with Crippen LogP contribution >= 0.6 is 0 Å². The van der Waals surface area contributed by atoms with Gasteiger partial charge in [-0.05, 0) is 25.0 Å². The van der Waals surface area contributed by atoms with Crippen LogP contribution in [0.25, 0.3) is 0 Å². The van der Waals surface area contributed by atoms with Crippen molar-refractivity contribution in [2.45, 2.75) is 19.4 Å². The Labute approximate surface area is 112 Å². The van der Waals surface area contributed by atoms with Crippen molar-refractivity contribution in [2.75, 3.05) is 17.3 Å². The highest BCUT2D eigenvalue weighted by molar-refractivity contribution is 7.90. The second-order valence-electron chi connectivity index (χ2n) is 4.49. The third-order valence-electron chi connectivity index (χ3n) is 2.63. The van der Waals surface area contributed by atoms with Crippen LogP contribution in [0.4, 0.5) is 5.69 Å². The lowest BCUT2D eigenvalue weighted by Crippen LogP contribution is -2.37. The highest BCUT2D eigenvalue weighted by Gasteiger charge is 2.17. The average molecular weight is 286 g/mol. The van der Waals surface area contributed by atoms with Crippen LogP contribution in [0.5, 0.6) is 5.75 Å². The first-order valence-electron chi connectivity index (χ1n) is 5.73. The number of hydrogen-bond acceptors (Lipinski definition) is 5. The summed E-state index contributed by atoms with van der Waals surface area (Å²) in [4.78, 5) is 11.8. The maximum atomic E-state index is 11.8. The molecule has 0 bridgehead atoms. The Morgan fingerprint density at radius 1 is 1.47 bits per heavy atom. The Balaban J connectivity index is 2.67. The van der Waals surface area contributed by atoms with Crippen molar-refractivity contribution < 1.29 is 18.3 Å². The van der Waals surface area contributed by atoms with Gasteiger partial charge in [0.15, 0.2) is 0 Å². The van der Waals surface area contributed by atoms with Crippen molar-refractivity contribution in [1.29, 1.82) is 0 Å². The van der Waals surface area contributed by atoms with Crippen LogP contribution < -0.4 is 11.1 Å². The van der Waals surface area contributed by atoms with Gasteiger partial charge in [-0.25, -0.2) is 8.42 Å². The molecule has 0 fully saturated rings. The summed E-state index contributed by atoms with van der Waals surface area (Å²) < 4.78 is 22.0. The molecule has 1 unspecified atom stereocenters. The summed E-state index contributed by atoms with van der Waals surface area (Å²) in [7, 11) is -3.15. The summed E-state index contributed by atoms with van der Waals surface area (Å²) in [6.45, 7) is 1.70. The van der Waals surface area contributed by atoms with Gasteiger partial charge >= 0.3 is 0 Å². The number of rotatable bonds is 5. The molecule has 0 aliphatic heterocycles. The molecule has 106 valence electrons. The fourth-order valence-electron chi connectivity index (χ4n) is 1.46. The predicted molar refractivity (Wildman–Crippen MR) is 73.8 cm³/mol. The number of carbonyl (C=O) groups excluding carboxylic acids is 1. The quantitative estimate of drug-likeness (QED) is 0.679. The van der Waals surface area contributed by atoms with Crippen LogP contribution in [0.3, 0.4) is 0 Å².